The first kappa shape index (κ1) is 14.6. The Balaban J connectivity index is 1.50. The number of oxazole rings is 1. The van der Waals surface area contributed by atoms with E-state index in [0.29, 0.717) is 37.6 Å². The minimum absolute atomic E-state index is 0.219. The molecule has 1 aliphatic rings. The molecule has 0 spiro atoms. The van der Waals surface area contributed by atoms with Gasteiger partial charge in [-0.2, -0.15) is 4.98 Å². The first-order valence-corrected chi connectivity index (χ1v) is 8.84. The number of nitrogens with zero attached hydrogens (tertiary/aromatic N) is 4. The van der Waals surface area contributed by atoms with Crippen molar-refractivity contribution in [3.8, 4) is 10.8 Å². The molecule has 0 saturated carbocycles. The van der Waals surface area contributed by atoms with Gasteiger partial charge in [0.1, 0.15) is 11.6 Å². The number of morpholine rings is 1. The molecule has 1 unspecified atom stereocenters. The van der Waals surface area contributed by atoms with Gasteiger partial charge < -0.3 is 18.5 Å². The molecule has 7 nitrogen and oxygen atoms in total. The predicted molar refractivity (Wildman–Crippen MR) is 92.5 cm³/mol. The maximum absolute atomic E-state index is 5.91. The zero-order valence-corrected chi connectivity index (χ0v) is 14.0. The number of hydrogen-bond acceptors (Lipinski definition) is 8. The molecule has 1 fully saturated rings. The average Bonchev–Trinajstić information content (AvgIpc) is 3.40. The number of ether oxygens (including phenoxy) is 1. The fourth-order valence-corrected chi connectivity index (χ4v) is 3.53. The highest BCUT2D eigenvalue weighted by molar-refractivity contribution is 7.13. The summed E-state index contributed by atoms with van der Waals surface area (Å²) >= 11 is 1.56. The fraction of sp³-hybridized carbons (Fsp3) is 0.235. The monoisotopic (exact) mass is 354 g/mol. The normalized spacial score (nSPS) is 18.1. The number of para-hydroxylation sites is 2. The van der Waals surface area contributed by atoms with Crippen molar-refractivity contribution < 1.29 is 13.6 Å². The van der Waals surface area contributed by atoms with E-state index in [1.54, 1.807) is 11.3 Å². The Morgan fingerprint density at radius 3 is 2.92 bits per heavy atom. The molecular weight excluding hydrogens is 340 g/mol. The standard InChI is InChI=1S/C17H14N4O3S/c1-2-5-13-11(4-1)18-17(23-13)21-7-8-22-10-12(21)15-19-20-16(24-15)14-6-3-9-25-14/h1-6,9,12H,7-8,10H2. The van der Waals surface area contributed by atoms with Gasteiger partial charge in [0.2, 0.25) is 5.89 Å². The molecule has 5 rings (SSSR count). The van der Waals surface area contributed by atoms with Gasteiger partial charge >= 0.3 is 0 Å². The van der Waals surface area contributed by atoms with Gasteiger partial charge in [0.25, 0.3) is 11.9 Å². The van der Waals surface area contributed by atoms with Crippen molar-refractivity contribution in [2.24, 2.45) is 0 Å². The van der Waals surface area contributed by atoms with Crippen molar-refractivity contribution in [2.45, 2.75) is 6.04 Å². The highest BCUT2D eigenvalue weighted by atomic mass is 32.1. The van der Waals surface area contributed by atoms with Crippen LogP contribution in [0.4, 0.5) is 6.01 Å². The zero-order valence-electron chi connectivity index (χ0n) is 13.2. The molecule has 8 heteroatoms. The van der Waals surface area contributed by atoms with E-state index >= 15 is 0 Å². The second-order valence-electron chi connectivity index (χ2n) is 5.67. The molecule has 1 atom stereocenters. The van der Waals surface area contributed by atoms with E-state index in [9.17, 15) is 0 Å². The molecule has 3 aromatic heterocycles. The third-order valence-corrected chi connectivity index (χ3v) is 4.97. The molecule has 4 aromatic rings. The number of aromatic nitrogens is 3. The lowest BCUT2D eigenvalue weighted by molar-refractivity contribution is 0.0834. The second kappa shape index (κ2) is 5.98. The van der Waals surface area contributed by atoms with Gasteiger partial charge in [0, 0.05) is 6.54 Å². The Morgan fingerprint density at radius 1 is 1.08 bits per heavy atom. The van der Waals surface area contributed by atoms with Crippen molar-refractivity contribution in [2.75, 3.05) is 24.7 Å². The minimum Gasteiger partial charge on any atom is -0.423 e. The number of rotatable bonds is 3. The number of hydrogen-bond donors (Lipinski definition) is 0. The van der Waals surface area contributed by atoms with Gasteiger partial charge in [0.15, 0.2) is 5.58 Å². The van der Waals surface area contributed by atoms with Crippen LogP contribution in [0.25, 0.3) is 21.9 Å². The van der Waals surface area contributed by atoms with Crippen molar-refractivity contribution in [1.29, 1.82) is 0 Å². The Labute approximate surface area is 146 Å². The maximum Gasteiger partial charge on any atom is 0.299 e. The van der Waals surface area contributed by atoms with Crippen molar-refractivity contribution in [3.05, 3.63) is 47.7 Å². The Morgan fingerprint density at radius 2 is 2.04 bits per heavy atom. The van der Waals surface area contributed by atoms with E-state index in [-0.39, 0.29) is 6.04 Å². The number of anilines is 1. The lowest BCUT2D eigenvalue weighted by Crippen LogP contribution is -2.40. The summed E-state index contributed by atoms with van der Waals surface area (Å²) in [5.74, 6) is 1.03. The maximum atomic E-state index is 5.91. The SMILES string of the molecule is c1csc(-c2nnc(C3COCCN3c3nc4ccccc4o3)o2)c1. The van der Waals surface area contributed by atoms with E-state index in [1.807, 2.05) is 46.7 Å². The first-order valence-electron chi connectivity index (χ1n) is 7.96. The topological polar surface area (TPSA) is 77.4 Å². The Bertz CT molecular complexity index is 961. The van der Waals surface area contributed by atoms with Gasteiger partial charge in [-0.05, 0) is 23.6 Å². The van der Waals surface area contributed by atoms with Crippen LogP contribution in [0.3, 0.4) is 0 Å². The van der Waals surface area contributed by atoms with Crippen LogP contribution >= 0.6 is 11.3 Å². The summed E-state index contributed by atoms with van der Waals surface area (Å²) in [5.41, 5.74) is 1.58. The molecule has 0 bridgehead atoms. The third kappa shape index (κ3) is 2.59. The molecule has 4 heterocycles. The van der Waals surface area contributed by atoms with Crippen molar-refractivity contribution in [3.63, 3.8) is 0 Å². The van der Waals surface area contributed by atoms with Gasteiger partial charge in [0.05, 0.1) is 18.1 Å². The van der Waals surface area contributed by atoms with E-state index in [4.69, 9.17) is 13.6 Å². The van der Waals surface area contributed by atoms with E-state index in [0.717, 1.165) is 16.0 Å². The highest BCUT2D eigenvalue weighted by Gasteiger charge is 2.32. The number of fused-ring (bicyclic) bond motifs is 1. The lowest BCUT2D eigenvalue weighted by Gasteiger charge is -2.31. The van der Waals surface area contributed by atoms with Crippen LogP contribution in [0.2, 0.25) is 0 Å². The Hall–Kier alpha value is -2.71. The molecule has 0 radical (unpaired) electrons. The molecule has 126 valence electrons. The van der Waals surface area contributed by atoms with E-state index < -0.39 is 0 Å². The predicted octanol–water partition coefficient (Wildman–Crippen LogP) is 3.52. The molecule has 1 aliphatic heterocycles. The smallest absolute Gasteiger partial charge is 0.299 e. The van der Waals surface area contributed by atoms with Gasteiger partial charge in [-0.25, -0.2) is 0 Å². The molecule has 0 N–H and O–H groups in total. The quantitative estimate of drug-likeness (QED) is 0.557. The highest BCUT2D eigenvalue weighted by Crippen LogP contribution is 2.32. The number of benzene rings is 1. The summed E-state index contributed by atoms with van der Waals surface area (Å²) in [6.07, 6.45) is 0. The van der Waals surface area contributed by atoms with Crippen LogP contribution in [-0.4, -0.2) is 34.9 Å². The summed E-state index contributed by atoms with van der Waals surface area (Å²) in [5, 5.41) is 10.4. The molecule has 0 amide bonds. The van der Waals surface area contributed by atoms with Gasteiger partial charge in [-0.15, -0.1) is 21.5 Å². The van der Waals surface area contributed by atoms with Crippen molar-refractivity contribution >= 4 is 28.5 Å². The lowest BCUT2D eigenvalue weighted by atomic mass is 10.2. The van der Waals surface area contributed by atoms with Gasteiger partial charge in [-0.3, -0.25) is 0 Å². The second-order valence-corrected chi connectivity index (χ2v) is 6.62. The van der Waals surface area contributed by atoms with Crippen molar-refractivity contribution in [1.82, 2.24) is 15.2 Å². The number of thiophene rings is 1. The molecule has 25 heavy (non-hydrogen) atoms. The van der Waals surface area contributed by atoms with Crippen LogP contribution in [0.1, 0.15) is 11.9 Å². The molecular formula is C17H14N4O3S. The fourth-order valence-electron chi connectivity index (χ4n) is 2.89. The first-order chi connectivity index (χ1) is 12.4. The molecule has 1 aromatic carbocycles. The van der Waals surface area contributed by atoms with Crippen LogP contribution in [0.5, 0.6) is 0 Å². The van der Waals surface area contributed by atoms with Crippen LogP contribution in [-0.2, 0) is 4.74 Å². The summed E-state index contributed by atoms with van der Waals surface area (Å²) in [4.78, 5) is 7.56. The van der Waals surface area contributed by atoms with E-state index in [2.05, 4.69) is 15.2 Å². The van der Waals surface area contributed by atoms with Crippen LogP contribution < -0.4 is 4.90 Å². The average molecular weight is 354 g/mol. The van der Waals surface area contributed by atoms with E-state index in [1.165, 1.54) is 0 Å². The summed E-state index contributed by atoms with van der Waals surface area (Å²) in [6, 6.07) is 11.9. The largest absolute Gasteiger partial charge is 0.423 e. The summed E-state index contributed by atoms with van der Waals surface area (Å²) in [6.45, 7) is 1.69. The molecule has 1 saturated heterocycles. The van der Waals surface area contributed by atoms with Crippen LogP contribution in [0.15, 0.2) is 50.6 Å². The van der Waals surface area contributed by atoms with Crippen LogP contribution in [0, 0.1) is 0 Å². The Kier molecular flexibility index (Phi) is 3.50. The summed E-state index contributed by atoms with van der Waals surface area (Å²) < 4.78 is 17.4. The third-order valence-electron chi connectivity index (χ3n) is 4.11. The zero-order chi connectivity index (χ0) is 16.6. The summed E-state index contributed by atoms with van der Waals surface area (Å²) in [7, 11) is 0. The molecule has 0 aliphatic carbocycles. The minimum atomic E-state index is -0.219. The van der Waals surface area contributed by atoms with Gasteiger partial charge in [-0.1, -0.05) is 18.2 Å².